The molecule has 0 spiro atoms. The van der Waals surface area contributed by atoms with Gasteiger partial charge in [-0.25, -0.2) is 8.78 Å². The molecule has 0 atom stereocenters. The average molecular weight is 377 g/mol. The fourth-order valence-corrected chi connectivity index (χ4v) is 3.50. The summed E-state index contributed by atoms with van der Waals surface area (Å²) in [4.78, 5) is 0. The first-order valence-electron chi connectivity index (χ1n) is 9.25. The fourth-order valence-electron chi connectivity index (χ4n) is 3.50. The Morgan fingerprint density at radius 1 is 0.786 bits per heavy atom. The van der Waals surface area contributed by atoms with Crippen LogP contribution in [0.1, 0.15) is 16.7 Å². The lowest BCUT2D eigenvalue weighted by Gasteiger charge is -2.06. The summed E-state index contributed by atoms with van der Waals surface area (Å²) >= 11 is 0. The maximum Gasteiger partial charge on any atom is 0.203 e. The van der Waals surface area contributed by atoms with Crippen molar-refractivity contribution in [3.63, 3.8) is 0 Å². The predicted octanol–water partition coefficient (Wildman–Crippen LogP) is 4.80. The number of halogens is 2. The van der Waals surface area contributed by atoms with Gasteiger partial charge in [-0.2, -0.15) is 0 Å². The third-order valence-corrected chi connectivity index (χ3v) is 5.04. The lowest BCUT2D eigenvalue weighted by atomic mass is 10.1. The molecule has 0 fully saturated rings. The van der Waals surface area contributed by atoms with Crippen LogP contribution in [0.25, 0.3) is 11.0 Å². The number of imidazole rings is 1. The van der Waals surface area contributed by atoms with Crippen molar-refractivity contribution in [1.82, 2.24) is 9.13 Å². The van der Waals surface area contributed by atoms with E-state index in [0.29, 0.717) is 24.3 Å². The Balaban J connectivity index is 1.69. The van der Waals surface area contributed by atoms with Gasteiger partial charge >= 0.3 is 0 Å². The smallest absolute Gasteiger partial charge is 0.203 e. The number of fused-ring (bicyclic) bond motifs is 1. The summed E-state index contributed by atoms with van der Waals surface area (Å²) < 4.78 is 30.6. The SMILES string of the molecule is Cc1ccc(CCn2c(=N)n(Cc3ccc(F)c(F)c3)c3ccccc32)cc1. The third-order valence-electron chi connectivity index (χ3n) is 5.04. The van der Waals surface area contributed by atoms with Crippen LogP contribution in [0.4, 0.5) is 8.78 Å². The van der Waals surface area contributed by atoms with E-state index in [0.717, 1.165) is 23.5 Å². The molecule has 4 rings (SSSR count). The van der Waals surface area contributed by atoms with Gasteiger partial charge in [0.1, 0.15) is 0 Å². The first-order valence-corrected chi connectivity index (χ1v) is 9.25. The first kappa shape index (κ1) is 18.2. The lowest BCUT2D eigenvalue weighted by molar-refractivity contribution is 0.506. The number of hydrogen-bond acceptors (Lipinski definition) is 1. The highest BCUT2D eigenvalue weighted by Gasteiger charge is 2.12. The molecule has 1 heterocycles. The molecule has 4 aromatic rings. The second-order valence-electron chi connectivity index (χ2n) is 7.03. The highest BCUT2D eigenvalue weighted by Crippen LogP contribution is 2.17. The molecular weight excluding hydrogens is 356 g/mol. The van der Waals surface area contributed by atoms with Gasteiger partial charge in [0.25, 0.3) is 0 Å². The van der Waals surface area contributed by atoms with Crippen LogP contribution in [0.15, 0.2) is 66.7 Å². The zero-order chi connectivity index (χ0) is 19.7. The summed E-state index contributed by atoms with van der Waals surface area (Å²) in [5.74, 6) is -1.73. The Kier molecular flexibility index (Phi) is 4.82. The van der Waals surface area contributed by atoms with Gasteiger partial charge in [-0.1, -0.05) is 48.0 Å². The monoisotopic (exact) mass is 377 g/mol. The van der Waals surface area contributed by atoms with Crippen LogP contribution in [0.3, 0.4) is 0 Å². The molecule has 0 saturated carbocycles. The molecule has 3 nitrogen and oxygen atoms in total. The van der Waals surface area contributed by atoms with Crippen LogP contribution in [0.5, 0.6) is 0 Å². The van der Waals surface area contributed by atoms with Crippen molar-refractivity contribution in [3.05, 3.63) is 101 Å². The minimum absolute atomic E-state index is 0.314. The minimum atomic E-state index is -0.868. The zero-order valence-electron chi connectivity index (χ0n) is 15.6. The van der Waals surface area contributed by atoms with Crippen molar-refractivity contribution in [3.8, 4) is 0 Å². The molecule has 142 valence electrons. The summed E-state index contributed by atoms with van der Waals surface area (Å²) in [6.45, 7) is 3.05. The van der Waals surface area contributed by atoms with Crippen molar-refractivity contribution in [2.75, 3.05) is 0 Å². The van der Waals surface area contributed by atoms with Crippen molar-refractivity contribution in [2.24, 2.45) is 0 Å². The summed E-state index contributed by atoms with van der Waals surface area (Å²) in [5.41, 5.74) is 5.27. The molecule has 0 radical (unpaired) electrons. The predicted molar refractivity (Wildman–Crippen MR) is 106 cm³/mol. The minimum Gasteiger partial charge on any atom is -0.310 e. The van der Waals surface area contributed by atoms with Crippen LogP contribution in [0.2, 0.25) is 0 Å². The third kappa shape index (κ3) is 3.48. The standard InChI is InChI=1S/C23H21F2N3/c1-16-6-8-17(9-7-16)12-13-27-21-4-2-3-5-22(21)28(23(27)26)15-18-10-11-19(24)20(25)14-18/h2-11,14,26H,12-13,15H2,1H3. The van der Waals surface area contributed by atoms with E-state index >= 15 is 0 Å². The van der Waals surface area contributed by atoms with E-state index in [9.17, 15) is 8.78 Å². The molecule has 0 aliphatic carbocycles. The maximum absolute atomic E-state index is 13.6. The molecule has 0 aliphatic rings. The molecule has 0 aliphatic heterocycles. The second-order valence-corrected chi connectivity index (χ2v) is 7.03. The van der Waals surface area contributed by atoms with Crippen LogP contribution < -0.4 is 5.62 Å². The van der Waals surface area contributed by atoms with Gasteiger partial charge in [-0.05, 0) is 48.7 Å². The number of hydrogen-bond donors (Lipinski definition) is 1. The quantitative estimate of drug-likeness (QED) is 0.518. The molecule has 3 aromatic carbocycles. The van der Waals surface area contributed by atoms with Crippen LogP contribution >= 0.6 is 0 Å². The van der Waals surface area contributed by atoms with Crippen molar-refractivity contribution in [2.45, 2.75) is 26.4 Å². The van der Waals surface area contributed by atoms with E-state index in [1.54, 1.807) is 6.07 Å². The van der Waals surface area contributed by atoms with Gasteiger partial charge in [-0.15, -0.1) is 0 Å². The number of aryl methyl sites for hydroxylation is 3. The molecule has 5 heteroatoms. The molecule has 1 N–H and O–H groups in total. The largest absolute Gasteiger partial charge is 0.310 e. The van der Waals surface area contributed by atoms with Crippen LogP contribution in [0, 0.1) is 24.0 Å². The molecule has 0 unspecified atom stereocenters. The van der Waals surface area contributed by atoms with Gasteiger partial charge in [0, 0.05) is 6.54 Å². The van der Waals surface area contributed by atoms with Gasteiger partial charge in [0.2, 0.25) is 5.62 Å². The van der Waals surface area contributed by atoms with Gasteiger partial charge < -0.3 is 9.13 Å². The Morgan fingerprint density at radius 3 is 2.11 bits per heavy atom. The van der Waals surface area contributed by atoms with E-state index in [1.807, 2.05) is 33.4 Å². The van der Waals surface area contributed by atoms with E-state index < -0.39 is 11.6 Å². The summed E-state index contributed by atoms with van der Waals surface area (Å²) in [7, 11) is 0. The molecule has 0 bridgehead atoms. The van der Waals surface area contributed by atoms with Gasteiger partial charge in [0.15, 0.2) is 11.6 Å². The summed E-state index contributed by atoms with van der Waals surface area (Å²) in [5, 5.41) is 8.68. The fraction of sp³-hybridized carbons (Fsp3) is 0.174. The van der Waals surface area contributed by atoms with Crippen molar-refractivity contribution in [1.29, 1.82) is 5.41 Å². The number of aromatic nitrogens is 2. The number of nitrogens with one attached hydrogen (secondary N) is 1. The molecule has 0 amide bonds. The maximum atomic E-state index is 13.6. The van der Waals surface area contributed by atoms with E-state index in [2.05, 4.69) is 31.2 Å². The van der Waals surface area contributed by atoms with Crippen LogP contribution in [-0.2, 0) is 19.5 Å². The molecular formula is C23H21F2N3. The Labute approximate surface area is 162 Å². The Bertz CT molecular complexity index is 1190. The second kappa shape index (κ2) is 7.43. The molecule has 28 heavy (non-hydrogen) atoms. The highest BCUT2D eigenvalue weighted by atomic mass is 19.2. The number of nitrogens with zero attached hydrogens (tertiary/aromatic N) is 2. The lowest BCUT2D eigenvalue weighted by Crippen LogP contribution is -2.25. The average Bonchev–Trinajstić information content (AvgIpc) is 2.96. The number of rotatable bonds is 5. The van der Waals surface area contributed by atoms with Crippen molar-refractivity contribution >= 4 is 11.0 Å². The topological polar surface area (TPSA) is 33.7 Å². The summed E-state index contributed by atoms with van der Waals surface area (Å²) in [6.07, 6.45) is 0.815. The Hall–Kier alpha value is -3.21. The molecule has 0 saturated heterocycles. The number of para-hydroxylation sites is 2. The number of benzene rings is 3. The Morgan fingerprint density at radius 2 is 1.43 bits per heavy atom. The van der Waals surface area contributed by atoms with E-state index in [1.165, 1.54) is 17.2 Å². The van der Waals surface area contributed by atoms with Gasteiger partial charge in [-0.3, -0.25) is 5.41 Å². The van der Waals surface area contributed by atoms with Crippen LogP contribution in [-0.4, -0.2) is 9.13 Å². The van der Waals surface area contributed by atoms with E-state index in [4.69, 9.17) is 5.41 Å². The summed E-state index contributed by atoms with van der Waals surface area (Å²) in [6, 6.07) is 20.1. The highest BCUT2D eigenvalue weighted by molar-refractivity contribution is 5.76. The normalized spacial score (nSPS) is 11.2. The van der Waals surface area contributed by atoms with Gasteiger partial charge in [0.05, 0.1) is 17.6 Å². The zero-order valence-corrected chi connectivity index (χ0v) is 15.6. The molecule has 1 aromatic heterocycles. The first-order chi connectivity index (χ1) is 13.5. The van der Waals surface area contributed by atoms with E-state index in [-0.39, 0.29) is 0 Å². The van der Waals surface area contributed by atoms with Crippen molar-refractivity contribution < 1.29 is 8.78 Å².